The van der Waals surface area contributed by atoms with E-state index in [-0.39, 0.29) is 18.9 Å². The number of furan rings is 1. The van der Waals surface area contributed by atoms with Crippen LogP contribution in [0.15, 0.2) is 58.5 Å². The quantitative estimate of drug-likeness (QED) is 0.566. The van der Waals surface area contributed by atoms with Crippen LogP contribution in [-0.4, -0.2) is 23.5 Å². The Hall–Kier alpha value is -2.97. The summed E-state index contributed by atoms with van der Waals surface area (Å²) in [7, 11) is 0. The van der Waals surface area contributed by atoms with E-state index in [1.54, 1.807) is 18.4 Å². The van der Waals surface area contributed by atoms with Gasteiger partial charge in [-0.05, 0) is 35.9 Å². The summed E-state index contributed by atoms with van der Waals surface area (Å²) in [5, 5.41) is 16.9. The number of halogens is 1. The first-order valence-electron chi connectivity index (χ1n) is 8.14. The molecule has 6 nitrogen and oxygen atoms in total. The second-order valence-corrected chi connectivity index (χ2v) is 6.69. The Morgan fingerprint density at radius 2 is 1.89 bits per heavy atom. The fourth-order valence-corrected chi connectivity index (χ4v) is 3.22. The van der Waals surface area contributed by atoms with Crippen molar-refractivity contribution in [2.45, 2.75) is 12.6 Å². The Kier molecular flexibility index (Phi) is 6.00. The number of nitrogens with one attached hydrogen (secondary N) is 2. The minimum atomic E-state index is -0.937. The molecule has 1 unspecified atom stereocenters. The van der Waals surface area contributed by atoms with Gasteiger partial charge in [-0.25, -0.2) is 4.39 Å². The fraction of sp³-hybridized carbons (Fsp3) is 0.158. The van der Waals surface area contributed by atoms with Crippen molar-refractivity contribution in [2.75, 3.05) is 6.54 Å². The summed E-state index contributed by atoms with van der Waals surface area (Å²) in [6.07, 6.45) is 0.626. The molecule has 1 atom stereocenters. The molecule has 2 amide bonds. The average molecular weight is 388 g/mol. The number of amides is 2. The Morgan fingerprint density at radius 1 is 1.15 bits per heavy atom. The molecular formula is C19H17FN2O4S. The van der Waals surface area contributed by atoms with E-state index in [0.717, 1.165) is 5.56 Å². The maximum atomic E-state index is 12.8. The van der Waals surface area contributed by atoms with Crippen molar-refractivity contribution in [3.63, 3.8) is 0 Å². The van der Waals surface area contributed by atoms with Crippen molar-refractivity contribution in [3.8, 4) is 11.3 Å². The van der Waals surface area contributed by atoms with Crippen molar-refractivity contribution in [1.82, 2.24) is 10.6 Å². The molecule has 0 spiro atoms. The van der Waals surface area contributed by atoms with E-state index in [1.165, 1.54) is 35.6 Å². The maximum Gasteiger partial charge on any atom is 0.309 e. The van der Waals surface area contributed by atoms with Crippen LogP contribution >= 0.6 is 11.3 Å². The number of rotatable bonds is 6. The largest absolute Gasteiger partial charge is 0.464 e. The lowest BCUT2D eigenvalue weighted by Gasteiger charge is -2.10. The molecule has 3 aromatic rings. The second kappa shape index (κ2) is 8.61. The van der Waals surface area contributed by atoms with Gasteiger partial charge in [0.25, 0.3) is 0 Å². The zero-order valence-corrected chi connectivity index (χ0v) is 15.0. The zero-order valence-electron chi connectivity index (χ0n) is 14.1. The van der Waals surface area contributed by atoms with Crippen LogP contribution < -0.4 is 10.6 Å². The van der Waals surface area contributed by atoms with Gasteiger partial charge in [0.15, 0.2) is 0 Å². The van der Waals surface area contributed by atoms with Gasteiger partial charge in [0.1, 0.15) is 17.7 Å². The molecule has 2 aromatic heterocycles. The van der Waals surface area contributed by atoms with Gasteiger partial charge >= 0.3 is 11.8 Å². The van der Waals surface area contributed by atoms with Crippen molar-refractivity contribution < 1.29 is 23.5 Å². The van der Waals surface area contributed by atoms with Gasteiger partial charge in [0.2, 0.25) is 0 Å². The normalized spacial score (nSPS) is 11.8. The van der Waals surface area contributed by atoms with Crippen molar-refractivity contribution in [2.24, 2.45) is 0 Å². The van der Waals surface area contributed by atoms with Gasteiger partial charge in [-0.15, -0.1) is 11.3 Å². The SMILES string of the molecule is O=C(NCc1ccc(F)cc1)C(=O)NCC(O)c1cc(-c2ccco2)cs1. The van der Waals surface area contributed by atoms with Gasteiger partial charge in [0.05, 0.1) is 6.26 Å². The highest BCUT2D eigenvalue weighted by Gasteiger charge is 2.17. The lowest BCUT2D eigenvalue weighted by atomic mass is 10.2. The molecule has 2 heterocycles. The lowest BCUT2D eigenvalue weighted by Crippen LogP contribution is -2.41. The Labute approximate surface area is 158 Å². The predicted octanol–water partition coefficient (Wildman–Crippen LogP) is 2.61. The number of aliphatic hydroxyl groups excluding tert-OH is 1. The number of hydrogen-bond acceptors (Lipinski definition) is 5. The van der Waals surface area contributed by atoms with Crippen LogP contribution in [0.4, 0.5) is 4.39 Å². The molecule has 0 saturated carbocycles. The highest BCUT2D eigenvalue weighted by Crippen LogP contribution is 2.29. The first-order valence-corrected chi connectivity index (χ1v) is 9.02. The lowest BCUT2D eigenvalue weighted by molar-refractivity contribution is -0.139. The van der Waals surface area contributed by atoms with E-state index in [1.807, 2.05) is 11.4 Å². The van der Waals surface area contributed by atoms with Crippen molar-refractivity contribution in [1.29, 1.82) is 0 Å². The van der Waals surface area contributed by atoms with Crippen LogP contribution in [0.5, 0.6) is 0 Å². The summed E-state index contributed by atoms with van der Waals surface area (Å²) in [4.78, 5) is 24.3. The third kappa shape index (κ3) is 5.02. The molecule has 0 aliphatic carbocycles. The van der Waals surface area contributed by atoms with Crippen molar-refractivity contribution in [3.05, 3.63) is 70.4 Å². The fourth-order valence-electron chi connectivity index (χ4n) is 2.33. The maximum absolute atomic E-state index is 12.8. The molecule has 0 fully saturated rings. The Bertz CT molecular complexity index is 906. The van der Waals surface area contributed by atoms with Gasteiger partial charge < -0.3 is 20.2 Å². The van der Waals surface area contributed by atoms with Gasteiger partial charge in [0, 0.05) is 28.9 Å². The number of hydrogen-bond donors (Lipinski definition) is 3. The van der Waals surface area contributed by atoms with E-state index in [0.29, 0.717) is 16.2 Å². The molecule has 0 aliphatic heterocycles. The van der Waals surface area contributed by atoms with Crippen LogP contribution in [0.1, 0.15) is 16.5 Å². The highest BCUT2D eigenvalue weighted by atomic mass is 32.1. The van der Waals surface area contributed by atoms with E-state index in [4.69, 9.17) is 4.42 Å². The topological polar surface area (TPSA) is 91.6 Å². The molecule has 27 heavy (non-hydrogen) atoms. The van der Waals surface area contributed by atoms with Crippen LogP contribution in [0.2, 0.25) is 0 Å². The summed E-state index contributed by atoms with van der Waals surface area (Å²) in [5.74, 6) is -1.36. The first-order chi connectivity index (χ1) is 13.0. The van der Waals surface area contributed by atoms with E-state index in [2.05, 4.69) is 10.6 Å². The van der Waals surface area contributed by atoms with E-state index >= 15 is 0 Å². The zero-order chi connectivity index (χ0) is 19.2. The number of benzene rings is 1. The summed E-state index contributed by atoms with van der Waals surface area (Å²) < 4.78 is 18.1. The van der Waals surface area contributed by atoms with Crippen LogP contribution in [0, 0.1) is 5.82 Å². The third-order valence-corrected chi connectivity index (χ3v) is 4.82. The standard InChI is InChI=1S/C19H17FN2O4S/c20-14-5-3-12(4-6-14)9-21-18(24)19(25)22-10-15(23)17-8-13(11-27-17)16-2-1-7-26-16/h1-8,11,15,23H,9-10H2,(H,21,24)(H,22,25). The van der Waals surface area contributed by atoms with Gasteiger partial charge in [-0.2, -0.15) is 0 Å². The summed E-state index contributed by atoms with van der Waals surface area (Å²) >= 11 is 1.33. The number of aliphatic hydroxyl groups is 1. The monoisotopic (exact) mass is 388 g/mol. The molecule has 3 rings (SSSR count). The molecule has 1 aromatic carbocycles. The van der Waals surface area contributed by atoms with E-state index in [9.17, 15) is 19.1 Å². The molecule has 0 bridgehead atoms. The summed E-state index contributed by atoms with van der Waals surface area (Å²) in [5.41, 5.74) is 1.50. The Morgan fingerprint density at radius 3 is 2.59 bits per heavy atom. The molecule has 8 heteroatoms. The molecule has 140 valence electrons. The van der Waals surface area contributed by atoms with Gasteiger partial charge in [-0.1, -0.05) is 12.1 Å². The third-order valence-electron chi connectivity index (χ3n) is 3.78. The second-order valence-electron chi connectivity index (χ2n) is 5.75. The summed E-state index contributed by atoms with van der Waals surface area (Å²) in [6, 6.07) is 10.9. The number of carbonyl (C=O) groups is 2. The predicted molar refractivity (Wildman–Crippen MR) is 98.2 cm³/mol. The van der Waals surface area contributed by atoms with Crippen LogP contribution in [-0.2, 0) is 16.1 Å². The molecule has 3 N–H and O–H groups in total. The number of thiophene rings is 1. The van der Waals surface area contributed by atoms with Crippen LogP contribution in [0.25, 0.3) is 11.3 Å². The average Bonchev–Trinajstić information content (AvgIpc) is 3.36. The minimum Gasteiger partial charge on any atom is -0.464 e. The Balaban J connectivity index is 1.46. The molecular weight excluding hydrogens is 371 g/mol. The first kappa shape index (κ1) is 18.8. The summed E-state index contributed by atoms with van der Waals surface area (Å²) in [6.45, 7) is 0.00737. The molecule has 0 aliphatic rings. The molecule has 0 radical (unpaired) electrons. The van der Waals surface area contributed by atoms with Crippen LogP contribution in [0.3, 0.4) is 0 Å². The van der Waals surface area contributed by atoms with Crippen molar-refractivity contribution >= 4 is 23.2 Å². The number of carbonyl (C=O) groups excluding carboxylic acids is 2. The van der Waals surface area contributed by atoms with Gasteiger partial charge in [-0.3, -0.25) is 9.59 Å². The smallest absolute Gasteiger partial charge is 0.309 e. The van der Waals surface area contributed by atoms with E-state index < -0.39 is 17.9 Å². The highest BCUT2D eigenvalue weighted by molar-refractivity contribution is 7.10. The minimum absolute atomic E-state index is 0.0963. The molecule has 0 saturated heterocycles.